The van der Waals surface area contributed by atoms with Crippen LogP contribution in [0.3, 0.4) is 0 Å². The molecule has 0 radical (unpaired) electrons. The Morgan fingerprint density at radius 2 is 1.81 bits per heavy atom. The van der Waals surface area contributed by atoms with Gasteiger partial charge in [0.2, 0.25) is 0 Å². The smallest absolute Gasteiger partial charge is 0.0113 e. The second-order valence-corrected chi connectivity index (χ2v) is 7.53. The number of piperidine rings is 1. The number of rotatable bonds is 8. The van der Waals surface area contributed by atoms with Crippen LogP contribution in [-0.4, -0.2) is 24.7 Å². The van der Waals surface area contributed by atoms with Crippen molar-refractivity contribution in [3.63, 3.8) is 0 Å². The van der Waals surface area contributed by atoms with Crippen LogP contribution in [0.25, 0.3) is 0 Å². The number of hydrogen-bond acceptors (Lipinski definition) is 2. The van der Waals surface area contributed by atoms with Crippen LogP contribution >= 0.6 is 0 Å². The molecule has 124 valence electrons. The topological polar surface area (TPSA) is 24.1 Å². The van der Waals surface area contributed by atoms with E-state index in [1.807, 2.05) is 0 Å². The maximum atomic E-state index is 4.00. The number of unbranched alkanes of at least 4 members (excludes halogenated alkanes) is 3. The lowest BCUT2D eigenvalue weighted by atomic mass is 9.77. The molecule has 1 saturated carbocycles. The van der Waals surface area contributed by atoms with Gasteiger partial charge in [0.15, 0.2) is 0 Å². The third kappa shape index (κ3) is 5.90. The molecule has 2 nitrogen and oxygen atoms in total. The minimum atomic E-state index is 0.705. The molecule has 0 aromatic heterocycles. The first-order chi connectivity index (χ1) is 10.3. The van der Waals surface area contributed by atoms with Crippen LogP contribution in [0.15, 0.2) is 0 Å². The van der Waals surface area contributed by atoms with Crippen molar-refractivity contribution in [2.45, 2.75) is 109 Å². The van der Waals surface area contributed by atoms with Crippen molar-refractivity contribution in [2.24, 2.45) is 5.92 Å². The van der Waals surface area contributed by atoms with Crippen LogP contribution in [0.4, 0.5) is 0 Å². The van der Waals surface area contributed by atoms with E-state index in [0.717, 1.165) is 18.0 Å². The molecule has 2 N–H and O–H groups in total. The zero-order chi connectivity index (χ0) is 14.9. The molecule has 1 saturated heterocycles. The predicted octanol–water partition coefficient (Wildman–Crippen LogP) is 4.64. The molecular weight excluding hydrogens is 256 g/mol. The van der Waals surface area contributed by atoms with Gasteiger partial charge in [0.1, 0.15) is 0 Å². The largest absolute Gasteiger partial charge is 0.314 e. The van der Waals surface area contributed by atoms with Gasteiger partial charge in [-0.15, -0.1) is 0 Å². The number of hydrogen-bond donors (Lipinski definition) is 2. The van der Waals surface area contributed by atoms with E-state index in [4.69, 9.17) is 0 Å². The first kappa shape index (κ1) is 17.3. The molecule has 1 aliphatic heterocycles. The molecule has 4 atom stereocenters. The summed E-state index contributed by atoms with van der Waals surface area (Å²) < 4.78 is 0. The highest BCUT2D eigenvalue weighted by atomic mass is 15.0. The van der Waals surface area contributed by atoms with E-state index >= 15 is 0 Å². The Morgan fingerprint density at radius 1 is 1.00 bits per heavy atom. The average Bonchev–Trinajstić information content (AvgIpc) is 2.53. The Labute approximate surface area is 132 Å². The molecule has 2 fully saturated rings. The maximum Gasteiger partial charge on any atom is 0.0113 e. The van der Waals surface area contributed by atoms with Crippen LogP contribution in [0.1, 0.15) is 90.9 Å². The van der Waals surface area contributed by atoms with Crippen LogP contribution in [0, 0.1) is 5.92 Å². The summed E-state index contributed by atoms with van der Waals surface area (Å²) in [7, 11) is 0. The summed E-state index contributed by atoms with van der Waals surface area (Å²) in [5, 5.41) is 7.82. The van der Waals surface area contributed by atoms with Gasteiger partial charge < -0.3 is 10.6 Å². The van der Waals surface area contributed by atoms with E-state index in [9.17, 15) is 0 Å². The van der Waals surface area contributed by atoms with E-state index in [-0.39, 0.29) is 0 Å². The second kappa shape index (κ2) is 9.84. The Hall–Kier alpha value is -0.0800. The summed E-state index contributed by atoms with van der Waals surface area (Å²) in [5.41, 5.74) is 0. The van der Waals surface area contributed by atoms with Gasteiger partial charge in [0.05, 0.1) is 0 Å². The first-order valence-electron chi connectivity index (χ1n) is 9.80. The molecule has 0 aromatic carbocycles. The average molecular weight is 295 g/mol. The first-order valence-corrected chi connectivity index (χ1v) is 9.80. The van der Waals surface area contributed by atoms with Crippen LogP contribution in [0.5, 0.6) is 0 Å². The molecule has 2 aliphatic rings. The molecule has 1 heterocycles. The molecule has 0 amide bonds. The third-order valence-corrected chi connectivity index (χ3v) is 5.67. The standard InChI is InChI=1S/C19H38N2/c1-3-4-5-6-11-16(2)21-19-14-8-7-12-17(19)18-13-9-10-15-20-18/h16-21H,3-15H2,1-2H3. The normalized spacial score (nSPS) is 32.0. The van der Waals surface area contributed by atoms with Crippen molar-refractivity contribution < 1.29 is 0 Å². The van der Waals surface area contributed by atoms with Gasteiger partial charge in [0, 0.05) is 18.1 Å². The lowest BCUT2D eigenvalue weighted by Crippen LogP contribution is -2.52. The summed E-state index contributed by atoms with van der Waals surface area (Å²) in [6.07, 6.45) is 16.9. The lowest BCUT2D eigenvalue weighted by Gasteiger charge is -2.41. The van der Waals surface area contributed by atoms with Crippen LogP contribution in [-0.2, 0) is 0 Å². The summed E-state index contributed by atoms with van der Waals surface area (Å²) in [6, 6.07) is 2.27. The minimum Gasteiger partial charge on any atom is -0.314 e. The molecule has 21 heavy (non-hydrogen) atoms. The van der Waals surface area contributed by atoms with Gasteiger partial charge >= 0.3 is 0 Å². The van der Waals surface area contributed by atoms with Crippen LogP contribution < -0.4 is 10.6 Å². The SMILES string of the molecule is CCCCCCC(C)NC1CCCCC1C1CCCCN1. The highest BCUT2D eigenvalue weighted by molar-refractivity contribution is 4.91. The summed E-state index contributed by atoms with van der Waals surface area (Å²) in [5.74, 6) is 0.886. The zero-order valence-electron chi connectivity index (χ0n) is 14.5. The minimum absolute atomic E-state index is 0.705. The summed E-state index contributed by atoms with van der Waals surface area (Å²) >= 11 is 0. The molecule has 2 rings (SSSR count). The summed E-state index contributed by atoms with van der Waals surface area (Å²) in [4.78, 5) is 0. The second-order valence-electron chi connectivity index (χ2n) is 7.53. The quantitative estimate of drug-likeness (QED) is 0.637. The van der Waals surface area contributed by atoms with Crippen molar-refractivity contribution in [1.82, 2.24) is 10.6 Å². The van der Waals surface area contributed by atoms with E-state index in [0.29, 0.717) is 6.04 Å². The molecule has 0 spiro atoms. The fourth-order valence-corrected chi connectivity index (χ4v) is 4.42. The lowest BCUT2D eigenvalue weighted by molar-refractivity contribution is 0.171. The highest BCUT2D eigenvalue weighted by Crippen LogP contribution is 2.31. The Kier molecular flexibility index (Phi) is 8.10. The molecule has 4 unspecified atom stereocenters. The monoisotopic (exact) mass is 294 g/mol. The van der Waals surface area contributed by atoms with E-state index in [2.05, 4.69) is 24.5 Å². The maximum absolute atomic E-state index is 4.00. The van der Waals surface area contributed by atoms with Gasteiger partial charge in [-0.3, -0.25) is 0 Å². The Balaban J connectivity index is 1.75. The molecule has 0 aromatic rings. The Morgan fingerprint density at radius 3 is 2.57 bits per heavy atom. The zero-order valence-corrected chi connectivity index (χ0v) is 14.5. The van der Waals surface area contributed by atoms with Crippen molar-refractivity contribution in [2.75, 3.05) is 6.54 Å². The van der Waals surface area contributed by atoms with Crippen LogP contribution in [0.2, 0.25) is 0 Å². The van der Waals surface area contributed by atoms with Gasteiger partial charge in [-0.2, -0.15) is 0 Å². The van der Waals surface area contributed by atoms with E-state index in [1.54, 1.807) is 0 Å². The van der Waals surface area contributed by atoms with E-state index < -0.39 is 0 Å². The third-order valence-electron chi connectivity index (χ3n) is 5.67. The predicted molar refractivity (Wildman–Crippen MR) is 92.7 cm³/mol. The van der Waals surface area contributed by atoms with Gasteiger partial charge in [0.25, 0.3) is 0 Å². The number of nitrogens with one attached hydrogen (secondary N) is 2. The van der Waals surface area contributed by atoms with Gasteiger partial charge in [-0.25, -0.2) is 0 Å². The molecule has 1 aliphatic carbocycles. The fourth-order valence-electron chi connectivity index (χ4n) is 4.42. The van der Waals surface area contributed by atoms with Crippen molar-refractivity contribution in [3.8, 4) is 0 Å². The summed E-state index contributed by atoms with van der Waals surface area (Å²) in [6.45, 7) is 5.96. The van der Waals surface area contributed by atoms with Gasteiger partial charge in [-0.1, -0.05) is 51.9 Å². The van der Waals surface area contributed by atoms with Gasteiger partial charge in [-0.05, 0) is 51.5 Å². The van der Waals surface area contributed by atoms with Crippen molar-refractivity contribution in [1.29, 1.82) is 0 Å². The molecule has 0 bridgehead atoms. The van der Waals surface area contributed by atoms with Crippen molar-refractivity contribution in [3.05, 3.63) is 0 Å². The Bertz CT molecular complexity index is 260. The molecule has 2 heteroatoms. The highest BCUT2D eigenvalue weighted by Gasteiger charge is 2.32. The fraction of sp³-hybridized carbons (Fsp3) is 1.00. The molecular formula is C19H38N2. The van der Waals surface area contributed by atoms with Crippen molar-refractivity contribution >= 4 is 0 Å². The van der Waals surface area contributed by atoms with E-state index in [1.165, 1.54) is 83.6 Å².